The van der Waals surface area contributed by atoms with Crippen molar-refractivity contribution in [3.05, 3.63) is 35.4 Å². The molecule has 0 aliphatic heterocycles. The Morgan fingerprint density at radius 2 is 1.84 bits per heavy atom. The van der Waals surface area contributed by atoms with Crippen molar-refractivity contribution in [3.63, 3.8) is 0 Å². The molecule has 0 aliphatic carbocycles. The number of alkyl halides is 2. The number of amides is 1. The first-order valence-electron chi connectivity index (χ1n) is 5.91. The average Bonchev–Trinajstić information content (AvgIpc) is 2.37. The molecule has 1 amide bonds. The van der Waals surface area contributed by atoms with Crippen molar-refractivity contribution in [2.75, 3.05) is 6.54 Å². The number of halogens is 2. The van der Waals surface area contributed by atoms with E-state index in [0.717, 1.165) is 0 Å². The van der Waals surface area contributed by atoms with Gasteiger partial charge in [-0.05, 0) is 12.0 Å². The highest BCUT2D eigenvalue weighted by atomic mass is 19.3. The quantitative estimate of drug-likeness (QED) is 0.736. The van der Waals surface area contributed by atoms with E-state index >= 15 is 0 Å². The third kappa shape index (κ3) is 4.57. The molecule has 0 saturated carbocycles. The van der Waals surface area contributed by atoms with Crippen LogP contribution in [-0.2, 0) is 4.79 Å². The first-order chi connectivity index (χ1) is 8.93. The van der Waals surface area contributed by atoms with Gasteiger partial charge in [-0.3, -0.25) is 4.79 Å². The molecular weight excluding hydrogens is 256 g/mol. The smallest absolute Gasteiger partial charge is 0.264 e. The van der Waals surface area contributed by atoms with Crippen molar-refractivity contribution < 1.29 is 23.8 Å². The van der Waals surface area contributed by atoms with Gasteiger partial charge in [0.25, 0.3) is 6.43 Å². The molecule has 0 aliphatic rings. The van der Waals surface area contributed by atoms with Crippen LogP contribution in [0.25, 0.3) is 0 Å². The summed E-state index contributed by atoms with van der Waals surface area (Å²) in [4.78, 5) is 10.7. The topological polar surface area (TPSA) is 69.6 Å². The molecule has 0 radical (unpaired) electrons. The van der Waals surface area contributed by atoms with Crippen LogP contribution in [0.1, 0.15) is 37.0 Å². The maximum atomic E-state index is 12.8. The summed E-state index contributed by atoms with van der Waals surface area (Å²) in [6.07, 6.45) is -5.25. The summed E-state index contributed by atoms with van der Waals surface area (Å²) in [6, 6.07) is 5.53. The minimum atomic E-state index is -2.71. The first kappa shape index (κ1) is 15.5. The van der Waals surface area contributed by atoms with E-state index < -0.39 is 18.6 Å². The van der Waals surface area contributed by atoms with E-state index in [2.05, 4.69) is 5.32 Å². The minimum Gasteiger partial charge on any atom is -0.390 e. The summed E-state index contributed by atoms with van der Waals surface area (Å²) in [7, 11) is 0. The number of nitrogens with one attached hydrogen (secondary N) is 1. The number of aliphatic hydroxyl groups excluding tert-OH is 2. The summed E-state index contributed by atoms with van der Waals surface area (Å²) in [6.45, 7) is 1.50. The number of carbonyl (C=O) groups excluding carboxylic acids is 1. The molecule has 1 rings (SSSR count). The number of hydrogen-bond donors (Lipinski definition) is 3. The van der Waals surface area contributed by atoms with Crippen LogP contribution in [0.2, 0.25) is 0 Å². The van der Waals surface area contributed by atoms with Gasteiger partial charge in [0.15, 0.2) is 0 Å². The van der Waals surface area contributed by atoms with E-state index in [1.54, 1.807) is 0 Å². The Kier molecular flexibility index (Phi) is 5.85. The SMILES string of the molecule is CC(=O)NCCC(O)C(O)c1ccccc1C(F)F. The molecule has 3 N–H and O–H groups in total. The van der Waals surface area contributed by atoms with Gasteiger partial charge in [-0.2, -0.15) is 0 Å². The largest absolute Gasteiger partial charge is 0.390 e. The normalized spacial score (nSPS) is 14.2. The zero-order valence-corrected chi connectivity index (χ0v) is 10.5. The number of carbonyl (C=O) groups is 1. The Balaban J connectivity index is 2.71. The van der Waals surface area contributed by atoms with Gasteiger partial charge >= 0.3 is 0 Å². The molecule has 1 aromatic carbocycles. The lowest BCUT2D eigenvalue weighted by Crippen LogP contribution is -2.28. The predicted molar refractivity (Wildman–Crippen MR) is 65.7 cm³/mol. The predicted octanol–water partition coefficient (Wildman–Crippen LogP) is 1.54. The van der Waals surface area contributed by atoms with Gasteiger partial charge in [0, 0.05) is 19.0 Å². The highest BCUT2D eigenvalue weighted by molar-refractivity contribution is 5.72. The van der Waals surface area contributed by atoms with E-state index in [9.17, 15) is 23.8 Å². The van der Waals surface area contributed by atoms with Crippen LogP contribution in [0.4, 0.5) is 8.78 Å². The van der Waals surface area contributed by atoms with Gasteiger partial charge in [-0.25, -0.2) is 8.78 Å². The Morgan fingerprint density at radius 3 is 2.37 bits per heavy atom. The van der Waals surface area contributed by atoms with Crippen LogP contribution in [0.15, 0.2) is 24.3 Å². The molecule has 4 nitrogen and oxygen atoms in total. The Labute approximate surface area is 110 Å². The second-order valence-electron chi connectivity index (χ2n) is 4.21. The molecule has 0 heterocycles. The fourth-order valence-corrected chi connectivity index (χ4v) is 1.74. The van der Waals surface area contributed by atoms with Crippen LogP contribution in [0.3, 0.4) is 0 Å². The van der Waals surface area contributed by atoms with E-state index in [0.29, 0.717) is 0 Å². The highest BCUT2D eigenvalue weighted by Gasteiger charge is 2.23. The van der Waals surface area contributed by atoms with Crippen molar-refractivity contribution in [3.8, 4) is 0 Å². The van der Waals surface area contributed by atoms with Gasteiger partial charge in [0.1, 0.15) is 6.10 Å². The van der Waals surface area contributed by atoms with Crippen molar-refractivity contribution in [2.24, 2.45) is 0 Å². The van der Waals surface area contributed by atoms with E-state index in [-0.39, 0.29) is 30.0 Å². The van der Waals surface area contributed by atoms with Crippen molar-refractivity contribution in [1.82, 2.24) is 5.32 Å². The Hall–Kier alpha value is -1.53. The first-order valence-corrected chi connectivity index (χ1v) is 5.91. The molecule has 1 aromatic rings. The zero-order chi connectivity index (χ0) is 14.4. The third-order valence-corrected chi connectivity index (χ3v) is 2.73. The maximum absolute atomic E-state index is 12.8. The Bertz CT molecular complexity index is 426. The molecular formula is C13H17F2NO3. The molecule has 106 valence electrons. The molecule has 0 spiro atoms. The second-order valence-corrected chi connectivity index (χ2v) is 4.21. The van der Waals surface area contributed by atoms with Crippen LogP contribution < -0.4 is 5.32 Å². The third-order valence-electron chi connectivity index (χ3n) is 2.73. The molecule has 0 bridgehead atoms. The summed E-state index contributed by atoms with van der Waals surface area (Å²) >= 11 is 0. The molecule has 2 unspecified atom stereocenters. The average molecular weight is 273 g/mol. The highest BCUT2D eigenvalue weighted by Crippen LogP contribution is 2.29. The maximum Gasteiger partial charge on any atom is 0.264 e. The van der Waals surface area contributed by atoms with Crippen LogP contribution in [-0.4, -0.2) is 28.8 Å². The fourth-order valence-electron chi connectivity index (χ4n) is 1.74. The Morgan fingerprint density at radius 1 is 1.26 bits per heavy atom. The summed E-state index contributed by atoms with van der Waals surface area (Å²) in [5, 5.41) is 22.1. The minimum absolute atomic E-state index is 0.00725. The molecule has 6 heteroatoms. The molecule has 2 atom stereocenters. The summed E-state index contributed by atoms with van der Waals surface area (Å²) in [5.41, 5.74) is -0.290. The van der Waals surface area contributed by atoms with Crippen molar-refractivity contribution in [2.45, 2.75) is 32.0 Å². The number of benzene rings is 1. The van der Waals surface area contributed by atoms with E-state index in [1.807, 2.05) is 0 Å². The van der Waals surface area contributed by atoms with Crippen LogP contribution in [0.5, 0.6) is 0 Å². The van der Waals surface area contributed by atoms with Gasteiger partial charge in [0.2, 0.25) is 5.91 Å². The van der Waals surface area contributed by atoms with Gasteiger partial charge < -0.3 is 15.5 Å². The van der Waals surface area contributed by atoms with Gasteiger partial charge in [0.05, 0.1) is 6.10 Å². The number of hydrogen-bond acceptors (Lipinski definition) is 3. The standard InChI is InChI=1S/C13H17F2NO3/c1-8(17)16-7-6-11(18)12(19)9-4-2-3-5-10(9)13(14)15/h2-5,11-13,18-19H,6-7H2,1H3,(H,16,17). The van der Waals surface area contributed by atoms with Crippen LogP contribution in [0, 0.1) is 0 Å². The fraction of sp³-hybridized carbons (Fsp3) is 0.462. The zero-order valence-electron chi connectivity index (χ0n) is 10.5. The van der Waals surface area contributed by atoms with E-state index in [1.165, 1.54) is 31.2 Å². The molecule has 0 aromatic heterocycles. The lowest BCUT2D eigenvalue weighted by atomic mass is 9.97. The monoisotopic (exact) mass is 273 g/mol. The van der Waals surface area contributed by atoms with Gasteiger partial charge in [-0.15, -0.1) is 0 Å². The summed E-state index contributed by atoms with van der Waals surface area (Å²) < 4.78 is 25.5. The summed E-state index contributed by atoms with van der Waals surface area (Å²) in [5.74, 6) is -0.255. The molecule has 19 heavy (non-hydrogen) atoms. The molecule has 0 saturated heterocycles. The molecule has 0 fully saturated rings. The number of aliphatic hydroxyl groups is 2. The lowest BCUT2D eigenvalue weighted by Gasteiger charge is -2.20. The number of rotatable bonds is 6. The van der Waals surface area contributed by atoms with Crippen molar-refractivity contribution in [1.29, 1.82) is 0 Å². The van der Waals surface area contributed by atoms with Crippen LogP contribution >= 0.6 is 0 Å². The lowest BCUT2D eigenvalue weighted by molar-refractivity contribution is -0.119. The second kappa shape index (κ2) is 7.16. The van der Waals surface area contributed by atoms with E-state index in [4.69, 9.17) is 0 Å². The van der Waals surface area contributed by atoms with Gasteiger partial charge in [-0.1, -0.05) is 24.3 Å². The van der Waals surface area contributed by atoms with Crippen molar-refractivity contribution >= 4 is 5.91 Å².